The van der Waals surface area contributed by atoms with Crippen molar-refractivity contribution in [1.82, 2.24) is 9.80 Å². The first-order valence-electron chi connectivity index (χ1n) is 12.5. The van der Waals surface area contributed by atoms with Gasteiger partial charge in [-0.05, 0) is 87.5 Å². The van der Waals surface area contributed by atoms with E-state index in [2.05, 4.69) is 9.74 Å². The molecule has 2 aliphatic rings. The summed E-state index contributed by atoms with van der Waals surface area (Å²) < 4.78 is 34.7. The lowest BCUT2D eigenvalue weighted by Crippen LogP contribution is -2.41. The smallest absolute Gasteiger partial charge is 0.256 e. The average molecular weight is 498 g/mol. The first-order valence-corrected chi connectivity index (χ1v) is 12.5. The summed E-state index contributed by atoms with van der Waals surface area (Å²) in [5, 5.41) is 9.65. The third-order valence-electron chi connectivity index (χ3n) is 6.84. The maximum absolute atomic E-state index is 14.8. The summed E-state index contributed by atoms with van der Waals surface area (Å²) in [4.78, 5) is 19.8. The van der Waals surface area contributed by atoms with E-state index in [9.17, 15) is 18.7 Å². The fraction of sp³-hybridized carbons (Fsp3) is 0.500. The third kappa shape index (κ3) is 6.40. The average Bonchev–Trinajstić information content (AvgIpc) is 3.28. The summed E-state index contributed by atoms with van der Waals surface area (Å²) in [6.07, 6.45) is 1.77. The van der Waals surface area contributed by atoms with Gasteiger partial charge in [-0.3, -0.25) is 4.79 Å². The quantitative estimate of drug-likeness (QED) is 0.542. The van der Waals surface area contributed by atoms with Crippen LogP contribution in [0.2, 0.25) is 0 Å². The molecule has 8 heteroatoms. The molecule has 0 bridgehead atoms. The van der Waals surface area contributed by atoms with Crippen LogP contribution in [0.4, 0.5) is 14.5 Å². The minimum absolute atomic E-state index is 0.0284. The van der Waals surface area contributed by atoms with Gasteiger partial charge in [0.25, 0.3) is 5.91 Å². The zero-order chi connectivity index (χ0) is 25.9. The first kappa shape index (κ1) is 26.1. The van der Waals surface area contributed by atoms with E-state index in [1.54, 1.807) is 38.1 Å². The molecule has 0 aromatic heterocycles. The molecule has 0 spiro atoms. The molecule has 1 amide bonds. The van der Waals surface area contributed by atoms with Gasteiger partial charge in [0.05, 0.1) is 24.8 Å². The Kier molecular flexibility index (Phi) is 7.91. The number of aliphatic hydroxyl groups excluding tert-OH is 1. The molecule has 0 aliphatic carbocycles. The fourth-order valence-corrected chi connectivity index (χ4v) is 4.92. The molecule has 1 atom stereocenters. The predicted molar refractivity (Wildman–Crippen MR) is 134 cm³/mol. The Morgan fingerprint density at radius 2 is 1.83 bits per heavy atom. The normalized spacial score (nSPS) is 19.3. The van der Waals surface area contributed by atoms with Gasteiger partial charge >= 0.3 is 0 Å². The number of carbonyl (C=O) groups is 1. The van der Waals surface area contributed by atoms with Crippen molar-refractivity contribution in [1.29, 1.82) is 0 Å². The number of alkyl halides is 1. The van der Waals surface area contributed by atoms with Crippen LogP contribution in [0.5, 0.6) is 5.75 Å². The summed E-state index contributed by atoms with van der Waals surface area (Å²) in [5.41, 5.74) is 0.330. The molecule has 1 N–H and O–H groups in total. The Morgan fingerprint density at radius 3 is 2.44 bits per heavy atom. The molecule has 36 heavy (non-hydrogen) atoms. The van der Waals surface area contributed by atoms with E-state index in [0.29, 0.717) is 54.6 Å². The first-order chi connectivity index (χ1) is 17.1. The Labute approximate surface area is 211 Å². The number of halogens is 2. The monoisotopic (exact) mass is 497 g/mol. The number of aliphatic hydroxyl groups is 1. The van der Waals surface area contributed by atoms with Crippen LogP contribution in [0.15, 0.2) is 36.4 Å². The van der Waals surface area contributed by atoms with Gasteiger partial charge in [-0.15, -0.1) is 0 Å². The van der Waals surface area contributed by atoms with Crippen molar-refractivity contribution in [2.75, 3.05) is 39.3 Å². The van der Waals surface area contributed by atoms with Crippen molar-refractivity contribution in [2.24, 2.45) is 5.92 Å². The number of hydrogen-bond acceptors (Lipinski definition) is 4. The molecule has 2 heterocycles. The minimum atomic E-state index is -1.20. The molecule has 0 saturated carbocycles. The molecule has 2 fully saturated rings. The van der Waals surface area contributed by atoms with Crippen molar-refractivity contribution in [3.8, 4) is 16.9 Å². The van der Waals surface area contributed by atoms with Crippen LogP contribution in [-0.4, -0.2) is 71.9 Å². The second-order valence-corrected chi connectivity index (χ2v) is 10.4. The minimum Gasteiger partial charge on any atom is -0.504 e. The lowest BCUT2D eigenvalue weighted by Gasteiger charge is -2.34. The molecule has 2 aliphatic heterocycles. The molecule has 2 aromatic carbocycles. The van der Waals surface area contributed by atoms with Gasteiger partial charge in [0.1, 0.15) is 17.2 Å². The summed E-state index contributed by atoms with van der Waals surface area (Å²) in [6.45, 7) is 14.0. The SMILES string of the molecule is [C-]#[N+]c1cc(-c2ccc(C(=O)N3CC[C@H](O)C3)c(F)c2)ccc1OCC1CCN(CC(C)(C)F)CC1. The van der Waals surface area contributed by atoms with Gasteiger partial charge in [0.2, 0.25) is 5.69 Å². The molecular weight excluding hydrogens is 464 g/mol. The number of rotatable bonds is 7. The Hall–Kier alpha value is -3.02. The van der Waals surface area contributed by atoms with Gasteiger partial charge < -0.3 is 19.6 Å². The van der Waals surface area contributed by atoms with Gasteiger partial charge in [0, 0.05) is 19.6 Å². The lowest BCUT2D eigenvalue weighted by atomic mass is 9.96. The Balaban J connectivity index is 1.38. The zero-order valence-electron chi connectivity index (χ0n) is 20.8. The largest absolute Gasteiger partial charge is 0.504 e. The number of β-amino-alcohol motifs (C(OH)–C–C–N with tert-alkyl or cyclic N) is 1. The Morgan fingerprint density at radius 1 is 1.14 bits per heavy atom. The van der Waals surface area contributed by atoms with Crippen LogP contribution in [-0.2, 0) is 0 Å². The van der Waals surface area contributed by atoms with Gasteiger partial charge in [-0.2, -0.15) is 0 Å². The van der Waals surface area contributed by atoms with Crippen LogP contribution in [0.25, 0.3) is 16.0 Å². The van der Waals surface area contributed by atoms with Gasteiger partial charge in [-0.1, -0.05) is 12.1 Å². The maximum Gasteiger partial charge on any atom is 0.256 e. The Bertz CT molecular complexity index is 1130. The molecule has 2 aromatic rings. The van der Waals surface area contributed by atoms with Crippen LogP contribution >= 0.6 is 0 Å². The number of carbonyl (C=O) groups excluding carboxylic acids is 1. The van der Waals surface area contributed by atoms with E-state index in [1.165, 1.54) is 17.0 Å². The summed E-state index contributed by atoms with van der Waals surface area (Å²) in [7, 11) is 0. The zero-order valence-corrected chi connectivity index (χ0v) is 20.8. The summed E-state index contributed by atoms with van der Waals surface area (Å²) >= 11 is 0. The number of likely N-dealkylation sites (tertiary alicyclic amines) is 2. The van der Waals surface area contributed by atoms with Crippen LogP contribution < -0.4 is 4.74 Å². The van der Waals surface area contributed by atoms with Crippen molar-refractivity contribution in [3.05, 3.63) is 59.2 Å². The highest BCUT2D eigenvalue weighted by molar-refractivity contribution is 5.95. The highest BCUT2D eigenvalue weighted by atomic mass is 19.1. The van der Waals surface area contributed by atoms with E-state index < -0.39 is 23.5 Å². The molecule has 6 nitrogen and oxygen atoms in total. The number of ether oxygens (including phenoxy) is 1. The maximum atomic E-state index is 14.8. The lowest BCUT2D eigenvalue weighted by molar-refractivity contribution is 0.0760. The molecule has 0 radical (unpaired) electrons. The van der Waals surface area contributed by atoms with Gasteiger partial charge in [-0.25, -0.2) is 13.6 Å². The number of amides is 1. The molecule has 0 unspecified atom stereocenters. The highest BCUT2D eigenvalue weighted by Gasteiger charge is 2.28. The van der Waals surface area contributed by atoms with E-state index in [4.69, 9.17) is 11.3 Å². The van der Waals surface area contributed by atoms with E-state index in [1.807, 2.05) is 0 Å². The standard InChI is InChI=1S/C28H33F2N3O3/c1-28(2,30)18-32-11-8-19(9-12-32)17-36-26-7-5-21(15-25(26)31-3)20-4-6-23(24(29)14-20)27(35)33-13-10-22(34)16-33/h4-7,14-15,19,22,34H,8-13,16-18H2,1-2H3/t22-/m0/s1. The topological polar surface area (TPSA) is 57.4 Å². The predicted octanol–water partition coefficient (Wildman–Crippen LogP) is 5.09. The number of hydrogen-bond donors (Lipinski definition) is 1. The van der Waals surface area contributed by atoms with Crippen LogP contribution in [0.3, 0.4) is 0 Å². The summed E-state index contributed by atoms with van der Waals surface area (Å²) in [5.74, 6) is -0.231. The van der Waals surface area contributed by atoms with E-state index in [-0.39, 0.29) is 12.1 Å². The number of benzene rings is 2. The second kappa shape index (κ2) is 10.9. The summed E-state index contributed by atoms with van der Waals surface area (Å²) in [6, 6.07) is 9.60. The van der Waals surface area contributed by atoms with E-state index >= 15 is 0 Å². The van der Waals surface area contributed by atoms with Gasteiger partial charge in [0.15, 0.2) is 0 Å². The van der Waals surface area contributed by atoms with Crippen molar-refractivity contribution < 1.29 is 23.4 Å². The number of nitrogens with zero attached hydrogens (tertiary/aromatic N) is 3. The third-order valence-corrected chi connectivity index (χ3v) is 6.84. The van der Waals surface area contributed by atoms with Crippen molar-refractivity contribution >= 4 is 11.6 Å². The van der Waals surface area contributed by atoms with E-state index in [0.717, 1.165) is 25.9 Å². The molecule has 4 rings (SSSR count). The number of piperidine rings is 1. The fourth-order valence-electron chi connectivity index (χ4n) is 4.92. The molecule has 192 valence electrons. The molecule has 2 saturated heterocycles. The van der Waals surface area contributed by atoms with Crippen LogP contribution in [0.1, 0.15) is 43.5 Å². The second-order valence-electron chi connectivity index (χ2n) is 10.4. The molecular formula is C28H33F2N3O3. The highest BCUT2D eigenvalue weighted by Crippen LogP contribution is 2.34. The van der Waals surface area contributed by atoms with Crippen molar-refractivity contribution in [3.63, 3.8) is 0 Å². The van der Waals surface area contributed by atoms with Crippen molar-refractivity contribution in [2.45, 2.75) is 44.9 Å². The van der Waals surface area contributed by atoms with Crippen LogP contribution in [0, 0.1) is 18.3 Å².